The van der Waals surface area contributed by atoms with Crippen molar-refractivity contribution in [3.05, 3.63) is 47.7 Å². The van der Waals surface area contributed by atoms with E-state index in [1.807, 2.05) is 18.2 Å². The summed E-state index contributed by atoms with van der Waals surface area (Å²) >= 11 is 1.70. The molecule has 2 heterocycles. The smallest absolute Gasteiger partial charge is 0.142 e. The summed E-state index contributed by atoms with van der Waals surface area (Å²) < 4.78 is 1.24. The lowest BCUT2D eigenvalue weighted by Gasteiger charge is -2.00. The molecule has 4 heteroatoms. The summed E-state index contributed by atoms with van der Waals surface area (Å²) in [7, 11) is 0. The predicted octanol–water partition coefficient (Wildman–Crippen LogP) is 3.42. The normalized spacial score (nSPS) is 10.4. The Balaban J connectivity index is 2.15. The number of aromatic nitrogens is 2. The number of benzene rings is 1. The van der Waals surface area contributed by atoms with Gasteiger partial charge in [0.05, 0.1) is 18.2 Å². The van der Waals surface area contributed by atoms with E-state index < -0.39 is 0 Å². The summed E-state index contributed by atoms with van der Waals surface area (Å²) in [5.41, 5.74) is 1.99. The van der Waals surface area contributed by atoms with Gasteiger partial charge in [0.15, 0.2) is 0 Å². The molecule has 0 aliphatic rings. The minimum Gasteiger partial charge on any atom is -0.240 e. The molecule has 3 rings (SSSR count). The first-order chi connectivity index (χ1) is 8.88. The summed E-state index contributed by atoms with van der Waals surface area (Å²) in [6, 6.07) is 12.2. The third kappa shape index (κ3) is 1.85. The number of hydrogen-bond acceptors (Lipinski definition) is 4. The minimum absolute atomic E-state index is 0.246. The Bertz CT molecular complexity index is 740. The average molecular weight is 251 g/mol. The van der Waals surface area contributed by atoms with Crippen molar-refractivity contribution in [2.24, 2.45) is 0 Å². The van der Waals surface area contributed by atoms with E-state index in [2.05, 4.69) is 33.5 Å². The number of fused-ring (bicyclic) bond motifs is 1. The number of nitrogens with zero attached hydrogens (tertiary/aromatic N) is 3. The average Bonchev–Trinajstić information content (AvgIpc) is 2.83. The van der Waals surface area contributed by atoms with Crippen molar-refractivity contribution in [3.8, 4) is 17.3 Å². The maximum atomic E-state index is 8.68. The molecule has 2 aromatic heterocycles. The Morgan fingerprint density at radius 3 is 3.00 bits per heavy atom. The van der Waals surface area contributed by atoms with Crippen molar-refractivity contribution in [3.63, 3.8) is 0 Å². The van der Waals surface area contributed by atoms with E-state index in [1.54, 1.807) is 17.5 Å². The third-order valence-electron chi connectivity index (χ3n) is 2.70. The van der Waals surface area contributed by atoms with Gasteiger partial charge in [0, 0.05) is 27.2 Å². The van der Waals surface area contributed by atoms with E-state index in [4.69, 9.17) is 5.26 Å². The summed E-state index contributed by atoms with van der Waals surface area (Å²) in [5, 5.41) is 12.0. The molecule has 0 unspecified atom stereocenters. The molecule has 0 saturated carbocycles. The van der Waals surface area contributed by atoms with Crippen LogP contribution in [-0.2, 0) is 6.42 Å². The fraction of sp³-hybridized carbons (Fsp3) is 0.0714. The van der Waals surface area contributed by atoms with E-state index in [0.29, 0.717) is 5.82 Å². The third-order valence-corrected chi connectivity index (χ3v) is 3.66. The van der Waals surface area contributed by atoms with Crippen LogP contribution >= 0.6 is 11.3 Å². The highest BCUT2D eigenvalue weighted by atomic mass is 32.1. The fourth-order valence-electron chi connectivity index (χ4n) is 1.88. The number of nitriles is 1. The van der Waals surface area contributed by atoms with Gasteiger partial charge in [-0.2, -0.15) is 5.26 Å². The Labute approximate surface area is 108 Å². The molecule has 0 spiro atoms. The molecular formula is C14H9N3S. The summed E-state index contributed by atoms with van der Waals surface area (Å²) in [4.78, 5) is 8.52. The zero-order valence-electron chi connectivity index (χ0n) is 9.50. The zero-order chi connectivity index (χ0) is 12.4. The monoisotopic (exact) mass is 251 g/mol. The van der Waals surface area contributed by atoms with Crippen LogP contribution in [0.4, 0.5) is 0 Å². The van der Waals surface area contributed by atoms with Crippen molar-refractivity contribution in [2.45, 2.75) is 6.42 Å². The highest BCUT2D eigenvalue weighted by Gasteiger charge is 2.08. The SMILES string of the molecule is N#CCc1nccc(-c2csc3ccccc23)n1. The van der Waals surface area contributed by atoms with Crippen LogP contribution in [0.15, 0.2) is 41.9 Å². The molecule has 0 amide bonds. The molecule has 3 nitrogen and oxygen atoms in total. The lowest BCUT2D eigenvalue weighted by Crippen LogP contribution is -1.94. The maximum Gasteiger partial charge on any atom is 0.142 e. The zero-order valence-corrected chi connectivity index (χ0v) is 10.3. The van der Waals surface area contributed by atoms with Crippen molar-refractivity contribution < 1.29 is 0 Å². The van der Waals surface area contributed by atoms with Crippen molar-refractivity contribution in [2.75, 3.05) is 0 Å². The van der Waals surface area contributed by atoms with Crippen LogP contribution < -0.4 is 0 Å². The van der Waals surface area contributed by atoms with Gasteiger partial charge in [-0.05, 0) is 12.1 Å². The first-order valence-corrected chi connectivity index (χ1v) is 6.42. The Morgan fingerprint density at radius 1 is 1.22 bits per heavy atom. The quantitative estimate of drug-likeness (QED) is 0.701. The van der Waals surface area contributed by atoms with E-state index in [0.717, 1.165) is 11.3 Å². The molecule has 0 radical (unpaired) electrons. The van der Waals surface area contributed by atoms with Gasteiger partial charge < -0.3 is 0 Å². The topological polar surface area (TPSA) is 49.6 Å². The van der Waals surface area contributed by atoms with Gasteiger partial charge in [0.2, 0.25) is 0 Å². The standard InChI is InChI=1S/C14H9N3S/c15-7-5-14-16-8-6-12(17-14)11-9-18-13-4-2-1-3-10(11)13/h1-4,6,8-9H,5H2. The van der Waals surface area contributed by atoms with Gasteiger partial charge in [-0.3, -0.25) is 0 Å². The molecule has 0 fully saturated rings. The molecule has 0 aliphatic heterocycles. The Kier molecular flexibility index (Phi) is 2.75. The molecule has 0 saturated heterocycles. The Morgan fingerprint density at radius 2 is 2.11 bits per heavy atom. The molecule has 0 aliphatic carbocycles. The van der Waals surface area contributed by atoms with Crippen LogP contribution in [0.5, 0.6) is 0 Å². The van der Waals surface area contributed by atoms with Gasteiger partial charge >= 0.3 is 0 Å². The van der Waals surface area contributed by atoms with Gasteiger partial charge in [-0.1, -0.05) is 18.2 Å². The van der Waals surface area contributed by atoms with Crippen LogP contribution in [0.3, 0.4) is 0 Å². The lowest BCUT2D eigenvalue weighted by molar-refractivity contribution is 1.00. The van der Waals surface area contributed by atoms with Gasteiger partial charge in [-0.15, -0.1) is 11.3 Å². The van der Waals surface area contributed by atoms with Gasteiger partial charge in [-0.25, -0.2) is 9.97 Å². The van der Waals surface area contributed by atoms with Crippen LogP contribution in [0.2, 0.25) is 0 Å². The van der Waals surface area contributed by atoms with Crippen molar-refractivity contribution in [1.29, 1.82) is 5.26 Å². The largest absolute Gasteiger partial charge is 0.240 e. The summed E-state index contributed by atoms with van der Waals surface area (Å²) in [6.07, 6.45) is 1.96. The van der Waals surface area contributed by atoms with Crippen molar-refractivity contribution in [1.82, 2.24) is 9.97 Å². The molecule has 3 aromatic rings. The second kappa shape index (κ2) is 4.55. The summed E-state index contributed by atoms with van der Waals surface area (Å²) in [5.74, 6) is 0.574. The first kappa shape index (κ1) is 10.9. The minimum atomic E-state index is 0.246. The van der Waals surface area contributed by atoms with Gasteiger partial charge in [0.1, 0.15) is 5.82 Å². The van der Waals surface area contributed by atoms with Gasteiger partial charge in [0.25, 0.3) is 0 Å². The fourth-order valence-corrected chi connectivity index (χ4v) is 2.84. The highest BCUT2D eigenvalue weighted by Crippen LogP contribution is 2.32. The highest BCUT2D eigenvalue weighted by molar-refractivity contribution is 7.17. The lowest BCUT2D eigenvalue weighted by atomic mass is 10.1. The van der Waals surface area contributed by atoms with Crippen LogP contribution in [-0.4, -0.2) is 9.97 Å². The van der Waals surface area contributed by atoms with E-state index in [-0.39, 0.29) is 6.42 Å². The Hall–Kier alpha value is -2.25. The first-order valence-electron chi connectivity index (χ1n) is 5.54. The summed E-state index contributed by atoms with van der Waals surface area (Å²) in [6.45, 7) is 0. The predicted molar refractivity (Wildman–Crippen MR) is 72.2 cm³/mol. The van der Waals surface area contributed by atoms with Crippen LogP contribution in [0, 0.1) is 11.3 Å². The van der Waals surface area contributed by atoms with E-state index in [1.165, 1.54) is 10.1 Å². The van der Waals surface area contributed by atoms with Crippen molar-refractivity contribution >= 4 is 21.4 Å². The molecule has 1 aromatic carbocycles. The molecule has 86 valence electrons. The second-order valence-electron chi connectivity index (χ2n) is 3.84. The van der Waals surface area contributed by atoms with Crippen LogP contribution in [0.1, 0.15) is 5.82 Å². The molecule has 0 N–H and O–H groups in total. The molecular weight excluding hydrogens is 242 g/mol. The molecule has 18 heavy (non-hydrogen) atoms. The number of hydrogen-bond donors (Lipinski definition) is 0. The molecule has 0 atom stereocenters. The second-order valence-corrected chi connectivity index (χ2v) is 4.75. The van der Waals surface area contributed by atoms with Crippen LogP contribution in [0.25, 0.3) is 21.3 Å². The number of rotatable bonds is 2. The van der Waals surface area contributed by atoms with E-state index in [9.17, 15) is 0 Å². The number of thiophene rings is 1. The maximum absolute atomic E-state index is 8.68. The van der Waals surface area contributed by atoms with E-state index >= 15 is 0 Å². The molecule has 0 bridgehead atoms.